The second-order valence-corrected chi connectivity index (χ2v) is 8.46. The summed E-state index contributed by atoms with van der Waals surface area (Å²) in [4.78, 5) is 37.2. The fourth-order valence-corrected chi connectivity index (χ4v) is 5.20. The molecule has 4 rings (SSSR count). The molecule has 0 aliphatic heterocycles. The lowest BCUT2D eigenvalue weighted by atomic mass is 9.79. The molecule has 29 heavy (non-hydrogen) atoms. The van der Waals surface area contributed by atoms with Gasteiger partial charge in [0, 0.05) is 23.7 Å². The number of fused-ring (bicyclic) bond motifs is 2. The van der Waals surface area contributed by atoms with Gasteiger partial charge in [-0.2, -0.15) is 0 Å². The third kappa shape index (κ3) is 3.53. The number of carbonyl (C=O) groups is 3. The molecule has 6 unspecified atom stereocenters. The summed E-state index contributed by atoms with van der Waals surface area (Å²) in [5, 5.41) is 10.3. The van der Waals surface area contributed by atoms with Gasteiger partial charge in [0.25, 0.3) is 0 Å². The van der Waals surface area contributed by atoms with Crippen LogP contribution in [0.1, 0.15) is 38.5 Å². The van der Waals surface area contributed by atoms with Gasteiger partial charge < -0.3 is 5.11 Å². The van der Waals surface area contributed by atoms with Crippen LogP contribution in [-0.2, 0) is 14.4 Å². The number of aliphatic hydroxyl groups excluding tert-OH is 1. The first kappa shape index (κ1) is 19.9. The Morgan fingerprint density at radius 1 is 0.724 bits per heavy atom. The minimum atomic E-state index is -1.02. The minimum Gasteiger partial charge on any atom is -0.511 e. The van der Waals surface area contributed by atoms with Crippen molar-refractivity contribution in [1.29, 1.82) is 0 Å². The standard InChI is InChI=1S/C23H24F2O4/c24-12-6-8-14-18(10-12)22(28)16(20(14)26)4-2-1-3-5-17-21(27)15-9-7-13(25)11-19(15)23(17)29/h1-5,12-15,18-19,28H,6-11H2. The number of alkyl halides is 2. The van der Waals surface area contributed by atoms with Crippen molar-refractivity contribution in [1.82, 2.24) is 0 Å². The summed E-state index contributed by atoms with van der Waals surface area (Å²) in [6.07, 6.45) is 7.40. The van der Waals surface area contributed by atoms with Gasteiger partial charge in [0.05, 0.1) is 11.1 Å². The molecule has 0 saturated heterocycles. The highest BCUT2D eigenvalue weighted by Crippen LogP contribution is 2.44. The highest BCUT2D eigenvalue weighted by Gasteiger charge is 2.48. The zero-order valence-corrected chi connectivity index (χ0v) is 16.0. The van der Waals surface area contributed by atoms with Gasteiger partial charge in [-0.3, -0.25) is 14.4 Å². The van der Waals surface area contributed by atoms with Crippen molar-refractivity contribution in [3.63, 3.8) is 0 Å². The molecule has 0 aromatic carbocycles. The van der Waals surface area contributed by atoms with Crippen molar-refractivity contribution in [2.75, 3.05) is 0 Å². The minimum absolute atomic E-state index is 0.0450. The Morgan fingerprint density at radius 2 is 1.31 bits per heavy atom. The smallest absolute Gasteiger partial charge is 0.170 e. The third-order valence-electron chi connectivity index (χ3n) is 6.75. The molecule has 0 spiro atoms. The van der Waals surface area contributed by atoms with Crippen LogP contribution in [0.4, 0.5) is 8.78 Å². The Balaban J connectivity index is 1.44. The summed E-state index contributed by atoms with van der Waals surface area (Å²) in [6.45, 7) is 0. The van der Waals surface area contributed by atoms with E-state index in [1.54, 1.807) is 12.2 Å². The summed E-state index contributed by atoms with van der Waals surface area (Å²) < 4.78 is 27.2. The average Bonchev–Trinajstić information content (AvgIpc) is 3.07. The number of halogens is 2. The van der Waals surface area contributed by atoms with Crippen LogP contribution in [0, 0.1) is 23.7 Å². The van der Waals surface area contributed by atoms with Gasteiger partial charge in [0.1, 0.15) is 18.1 Å². The Morgan fingerprint density at radius 3 is 2.00 bits per heavy atom. The van der Waals surface area contributed by atoms with Crippen molar-refractivity contribution in [2.45, 2.75) is 50.9 Å². The maximum atomic E-state index is 13.6. The van der Waals surface area contributed by atoms with E-state index in [0.717, 1.165) is 0 Å². The summed E-state index contributed by atoms with van der Waals surface area (Å²) in [5.41, 5.74) is 0.317. The normalized spacial score (nSPS) is 39.2. The molecule has 0 heterocycles. The predicted molar refractivity (Wildman–Crippen MR) is 102 cm³/mol. The molecule has 4 nitrogen and oxygen atoms in total. The molecule has 4 aliphatic carbocycles. The first-order valence-electron chi connectivity index (χ1n) is 10.3. The first-order valence-corrected chi connectivity index (χ1v) is 10.3. The fraction of sp³-hybridized carbons (Fsp3) is 0.522. The molecule has 6 heteroatoms. The molecule has 0 amide bonds. The van der Waals surface area contributed by atoms with Gasteiger partial charge >= 0.3 is 0 Å². The maximum absolute atomic E-state index is 13.6. The van der Waals surface area contributed by atoms with Crippen LogP contribution in [0.25, 0.3) is 0 Å². The van der Waals surface area contributed by atoms with E-state index >= 15 is 0 Å². The van der Waals surface area contributed by atoms with Gasteiger partial charge in [-0.25, -0.2) is 8.78 Å². The molecule has 3 saturated carbocycles. The van der Waals surface area contributed by atoms with Crippen molar-refractivity contribution in [2.24, 2.45) is 23.7 Å². The number of aliphatic hydroxyl groups is 1. The quantitative estimate of drug-likeness (QED) is 0.439. The number of hydrogen-bond acceptors (Lipinski definition) is 4. The Bertz CT molecular complexity index is 866. The number of carbonyl (C=O) groups excluding carboxylic acids is 3. The first-order chi connectivity index (χ1) is 13.9. The molecule has 154 valence electrons. The van der Waals surface area contributed by atoms with Gasteiger partial charge in [-0.05, 0) is 50.7 Å². The highest BCUT2D eigenvalue weighted by molar-refractivity contribution is 6.27. The van der Waals surface area contributed by atoms with Crippen LogP contribution in [-0.4, -0.2) is 34.8 Å². The van der Waals surface area contributed by atoms with Crippen molar-refractivity contribution in [3.05, 3.63) is 47.3 Å². The van der Waals surface area contributed by atoms with E-state index in [4.69, 9.17) is 0 Å². The number of hydrogen-bond donors (Lipinski definition) is 1. The molecule has 0 aromatic rings. The lowest BCUT2D eigenvalue weighted by molar-refractivity contribution is -0.121. The van der Waals surface area contributed by atoms with E-state index < -0.39 is 30.1 Å². The van der Waals surface area contributed by atoms with Crippen LogP contribution in [0.5, 0.6) is 0 Å². The Labute approximate surface area is 168 Å². The largest absolute Gasteiger partial charge is 0.511 e. The zero-order chi connectivity index (χ0) is 20.7. The van der Waals surface area contributed by atoms with Crippen molar-refractivity contribution < 1.29 is 28.3 Å². The van der Waals surface area contributed by atoms with E-state index in [1.807, 2.05) is 0 Å². The van der Waals surface area contributed by atoms with E-state index in [9.17, 15) is 28.3 Å². The van der Waals surface area contributed by atoms with Gasteiger partial charge in [0.15, 0.2) is 17.3 Å². The third-order valence-corrected chi connectivity index (χ3v) is 6.75. The second-order valence-electron chi connectivity index (χ2n) is 8.46. The molecular formula is C23H24F2O4. The molecule has 0 aromatic heterocycles. The number of allylic oxidation sites excluding steroid dienone is 8. The molecular weight excluding hydrogens is 378 g/mol. The van der Waals surface area contributed by atoms with Crippen LogP contribution >= 0.6 is 0 Å². The zero-order valence-electron chi connectivity index (χ0n) is 16.0. The molecule has 4 aliphatic rings. The summed E-state index contributed by atoms with van der Waals surface area (Å²) in [6, 6.07) is 0. The fourth-order valence-electron chi connectivity index (χ4n) is 5.20. The average molecular weight is 402 g/mol. The van der Waals surface area contributed by atoms with E-state index in [1.165, 1.54) is 18.2 Å². The van der Waals surface area contributed by atoms with Crippen LogP contribution in [0.2, 0.25) is 0 Å². The van der Waals surface area contributed by atoms with Crippen LogP contribution < -0.4 is 0 Å². The Kier molecular flexibility index (Phi) is 5.36. The molecule has 0 bridgehead atoms. The lowest BCUT2D eigenvalue weighted by Crippen LogP contribution is -2.27. The van der Waals surface area contributed by atoms with Crippen LogP contribution in [0.3, 0.4) is 0 Å². The summed E-state index contributed by atoms with van der Waals surface area (Å²) in [5.74, 6) is -2.42. The van der Waals surface area contributed by atoms with Gasteiger partial charge in [-0.15, -0.1) is 0 Å². The molecule has 3 fully saturated rings. The van der Waals surface area contributed by atoms with E-state index in [2.05, 4.69) is 0 Å². The SMILES string of the molecule is O=C1C(=CC=CC=CC2=C(O)C3CC(F)CCC3C2=O)C(=O)C2CC(F)CCC12. The number of Topliss-reactive ketones (excluding diaryl/α,β-unsaturated/α-hetero) is 3. The van der Waals surface area contributed by atoms with E-state index in [0.29, 0.717) is 25.7 Å². The second kappa shape index (κ2) is 7.81. The maximum Gasteiger partial charge on any atom is 0.170 e. The van der Waals surface area contributed by atoms with Crippen LogP contribution in [0.15, 0.2) is 47.3 Å². The lowest BCUT2D eigenvalue weighted by Gasteiger charge is -2.26. The summed E-state index contributed by atoms with van der Waals surface area (Å²) >= 11 is 0. The number of ketones is 3. The predicted octanol–water partition coefficient (Wildman–Crippen LogP) is 4.08. The molecule has 1 N–H and O–H groups in total. The van der Waals surface area contributed by atoms with E-state index in [-0.39, 0.29) is 53.0 Å². The van der Waals surface area contributed by atoms with Crippen molar-refractivity contribution >= 4 is 17.3 Å². The molecule has 6 atom stereocenters. The van der Waals surface area contributed by atoms with Gasteiger partial charge in [-0.1, -0.05) is 18.2 Å². The topological polar surface area (TPSA) is 71.4 Å². The Hall–Kier alpha value is -2.37. The molecule has 0 radical (unpaired) electrons. The van der Waals surface area contributed by atoms with Gasteiger partial charge in [0.2, 0.25) is 0 Å². The van der Waals surface area contributed by atoms with Crippen molar-refractivity contribution in [3.8, 4) is 0 Å². The summed E-state index contributed by atoms with van der Waals surface area (Å²) in [7, 11) is 0. The monoisotopic (exact) mass is 402 g/mol. The number of rotatable bonds is 3. The highest BCUT2D eigenvalue weighted by atomic mass is 19.1.